The molecule has 0 aromatic heterocycles. The average molecular weight is 1170 g/mol. The van der Waals surface area contributed by atoms with Crippen LogP contribution in [0.3, 0.4) is 0 Å². The van der Waals surface area contributed by atoms with Crippen LogP contribution >= 0.6 is 0 Å². The van der Waals surface area contributed by atoms with E-state index in [0.29, 0.717) is 114 Å². The zero-order chi connectivity index (χ0) is 61.3. The average Bonchev–Trinajstić information content (AvgIpc) is 3.49. The quantitative estimate of drug-likeness (QED) is 0.0145. The van der Waals surface area contributed by atoms with Crippen molar-refractivity contribution in [3.05, 3.63) is 12.3 Å². The first-order valence-corrected chi connectivity index (χ1v) is 33.7. The van der Waals surface area contributed by atoms with Crippen LogP contribution in [0.1, 0.15) is 287 Å². The van der Waals surface area contributed by atoms with Crippen LogP contribution < -0.4 is 10.6 Å². The minimum absolute atomic E-state index is 0.0401. The second kappa shape index (κ2) is 52.2. The van der Waals surface area contributed by atoms with Gasteiger partial charge in [0.15, 0.2) is 0 Å². The van der Waals surface area contributed by atoms with E-state index >= 15 is 0 Å². The smallest absolute Gasteiger partial charge is 0.306 e. The fraction of sp³-hybridized carbons (Fsp3) is 0.896. The number of nitrogens with zero attached hydrogens (tertiary/aromatic N) is 2. The minimum atomic E-state index is -0.605. The number of hydrogen-bond acceptors (Lipinski definition) is 12. The molecule has 1 heterocycles. The Morgan fingerprint density at radius 2 is 0.939 bits per heavy atom. The maximum atomic E-state index is 13.4. The third kappa shape index (κ3) is 41.8. The van der Waals surface area contributed by atoms with Gasteiger partial charge >= 0.3 is 5.97 Å². The summed E-state index contributed by atoms with van der Waals surface area (Å²) in [7, 11) is 0. The Morgan fingerprint density at radius 1 is 0.524 bits per heavy atom. The van der Waals surface area contributed by atoms with E-state index in [9.17, 15) is 34.5 Å². The number of carbonyl (C=O) groups excluding carboxylic acids is 4. The van der Waals surface area contributed by atoms with E-state index in [2.05, 4.69) is 89.3 Å². The molecule has 0 aromatic carbocycles. The van der Waals surface area contributed by atoms with Gasteiger partial charge in [0.25, 0.3) is 6.47 Å². The van der Waals surface area contributed by atoms with Crippen molar-refractivity contribution >= 4 is 30.0 Å². The molecule has 0 spiro atoms. The lowest BCUT2D eigenvalue weighted by molar-refractivity contribution is -0.149. The van der Waals surface area contributed by atoms with E-state index in [0.717, 1.165) is 160 Å². The van der Waals surface area contributed by atoms with Crippen LogP contribution in [0.25, 0.3) is 0 Å². The van der Waals surface area contributed by atoms with E-state index in [-0.39, 0.29) is 36.5 Å². The lowest BCUT2D eigenvalue weighted by atomic mass is 9.92. The topological polar surface area (TPSA) is 215 Å². The molecule has 1 fully saturated rings. The Balaban J connectivity index is 0.0000214. The summed E-state index contributed by atoms with van der Waals surface area (Å²) in [6.45, 7) is 27.3. The molecule has 0 saturated carbocycles. The number of nitrogens with one attached hydrogen (secondary N) is 2. The maximum Gasteiger partial charge on any atom is 0.306 e. The summed E-state index contributed by atoms with van der Waals surface area (Å²) in [5.41, 5.74) is 0. The molecule has 0 aliphatic carbocycles. The summed E-state index contributed by atoms with van der Waals surface area (Å²) in [6, 6.07) is -1.20. The Kier molecular flexibility index (Phi) is 50.3. The molecule has 1 saturated heterocycles. The Labute approximate surface area is 501 Å². The number of hydrogen-bond donors (Lipinski definition) is 6. The van der Waals surface area contributed by atoms with Crippen molar-refractivity contribution in [3.63, 3.8) is 0 Å². The molecule has 10 unspecified atom stereocenters. The number of piperazine rings is 1. The number of rotatable bonds is 55. The zero-order valence-electron chi connectivity index (χ0n) is 54.1. The molecule has 1 aliphatic heterocycles. The number of allylic oxidation sites excluding steroid dienone is 1. The number of amides is 2. The highest BCUT2D eigenvalue weighted by Crippen LogP contribution is 2.23. The number of carboxylic acid groups (broad SMARTS) is 1. The molecule has 0 radical (unpaired) electrons. The van der Waals surface area contributed by atoms with E-state index in [4.69, 9.17) is 19.4 Å². The van der Waals surface area contributed by atoms with Gasteiger partial charge in [0.2, 0.25) is 11.8 Å². The van der Waals surface area contributed by atoms with Gasteiger partial charge in [0.05, 0.1) is 30.2 Å². The number of ketones is 1. The normalized spacial score (nSPS) is 17.4. The van der Waals surface area contributed by atoms with Gasteiger partial charge < -0.3 is 45.4 Å². The van der Waals surface area contributed by atoms with E-state index in [1.54, 1.807) is 0 Å². The van der Waals surface area contributed by atoms with Crippen LogP contribution in [0.2, 0.25) is 0 Å². The van der Waals surface area contributed by atoms with Crippen LogP contribution in [0.4, 0.5) is 0 Å². The molecule has 0 aromatic rings. The van der Waals surface area contributed by atoms with Crippen molar-refractivity contribution in [3.8, 4) is 0 Å². The predicted molar refractivity (Wildman–Crippen MR) is 335 cm³/mol. The monoisotopic (exact) mass is 1160 g/mol. The summed E-state index contributed by atoms with van der Waals surface area (Å²) in [5, 5.41) is 46.5. The molecule has 15 heteroatoms. The third-order valence-electron chi connectivity index (χ3n) is 16.8. The molecular formula is C67H128N4O11. The highest BCUT2D eigenvalue weighted by Gasteiger charge is 2.33. The van der Waals surface area contributed by atoms with Gasteiger partial charge in [-0.15, -0.1) is 0 Å². The van der Waals surface area contributed by atoms with Gasteiger partial charge in [-0.3, -0.25) is 28.9 Å². The van der Waals surface area contributed by atoms with Crippen LogP contribution in [0, 0.1) is 17.8 Å². The molecule has 0 bridgehead atoms. The number of carbonyl (C=O) groups is 5. The minimum Gasteiger partial charge on any atom is -0.495 e. The van der Waals surface area contributed by atoms with Crippen LogP contribution in [0.5, 0.6) is 0 Å². The Hall–Kier alpha value is -3.11. The second-order valence-electron chi connectivity index (χ2n) is 24.5. The zero-order valence-corrected chi connectivity index (χ0v) is 54.1. The van der Waals surface area contributed by atoms with Crippen molar-refractivity contribution in [2.24, 2.45) is 17.8 Å². The summed E-state index contributed by atoms with van der Waals surface area (Å²) < 4.78 is 11.9. The number of Topliss-reactive ketones (excluding diaryl/α,β-unsaturated/α-hetero) is 1. The highest BCUT2D eigenvalue weighted by atomic mass is 16.5. The van der Waals surface area contributed by atoms with Crippen LogP contribution in [-0.2, 0) is 33.4 Å². The molecule has 482 valence electrons. The van der Waals surface area contributed by atoms with Crippen molar-refractivity contribution in [2.75, 3.05) is 39.3 Å². The van der Waals surface area contributed by atoms with Crippen LogP contribution in [-0.4, -0.2) is 142 Å². The lowest BCUT2D eigenvalue weighted by Crippen LogP contribution is -2.61. The lowest BCUT2D eigenvalue weighted by Gasteiger charge is -2.31. The van der Waals surface area contributed by atoms with Crippen molar-refractivity contribution < 1.29 is 53.9 Å². The standard InChI is InChI=1S/C66H126N4O9.CH2O2/c1-11-19-33-54(15-5)35-28-37-57(72)50-70(51-58(73)38-29-36-56(71)47-55(16-6)34-20-12-2)46-26-24-43-63-66(77)67-62(65(76)68-63)42-23-25-45-69(48-52(9)31-27-32-53(10)78-60(17-7)40-21-13-3)49-59(74)39-30-44-64(75)79-61(18-8)41-22-14-4;2-1-3/h52,54-55,57-63,72-74H,10-51H2,1-9H3,(H,67,77)(H,68,76);1H,(H,2,3). The summed E-state index contributed by atoms with van der Waals surface area (Å²) in [5.74, 6) is 2.17. The highest BCUT2D eigenvalue weighted by molar-refractivity contribution is 5.96. The fourth-order valence-electron chi connectivity index (χ4n) is 11.5. The largest absolute Gasteiger partial charge is 0.495 e. The van der Waals surface area contributed by atoms with E-state index in [1.165, 1.54) is 19.3 Å². The molecule has 15 nitrogen and oxygen atoms in total. The molecular weight excluding hydrogens is 1040 g/mol. The van der Waals surface area contributed by atoms with Crippen molar-refractivity contribution in [2.45, 2.75) is 330 Å². The van der Waals surface area contributed by atoms with Gasteiger partial charge in [0, 0.05) is 51.9 Å². The first-order valence-electron chi connectivity index (χ1n) is 33.7. The first kappa shape index (κ1) is 78.9. The Morgan fingerprint density at radius 3 is 1.41 bits per heavy atom. The molecule has 1 aliphatic rings. The van der Waals surface area contributed by atoms with Crippen molar-refractivity contribution in [1.82, 2.24) is 20.4 Å². The van der Waals surface area contributed by atoms with Crippen LogP contribution in [0.15, 0.2) is 12.3 Å². The van der Waals surface area contributed by atoms with E-state index in [1.807, 2.05) is 0 Å². The third-order valence-corrected chi connectivity index (χ3v) is 16.8. The van der Waals surface area contributed by atoms with E-state index < -0.39 is 30.4 Å². The maximum absolute atomic E-state index is 13.4. The predicted octanol–water partition coefficient (Wildman–Crippen LogP) is 13.4. The fourth-order valence-corrected chi connectivity index (χ4v) is 11.5. The molecule has 82 heavy (non-hydrogen) atoms. The summed E-state index contributed by atoms with van der Waals surface area (Å²) in [4.78, 5) is 65.1. The molecule has 10 atom stereocenters. The summed E-state index contributed by atoms with van der Waals surface area (Å²) >= 11 is 0. The molecule has 2 amide bonds. The van der Waals surface area contributed by atoms with Gasteiger partial charge in [0.1, 0.15) is 24.0 Å². The SMILES string of the molecule is C=C(CCCC(C)CN(CCCCC1NC(=O)C(CCCCN(CC(O)CCCC(=O)CC(CC)CCCC)CC(O)CCCC(CC)CCCC)NC1=O)CC(O)CCCC(=O)OC(CC)CCCC)OC(CC)CCCC.O=CO. The summed E-state index contributed by atoms with van der Waals surface area (Å²) in [6.07, 6.45) is 29.3. The molecule has 6 N–H and O–H groups in total. The first-order chi connectivity index (χ1) is 39.4. The van der Waals surface area contributed by atoms with Gasteiger partial charge in [-0.2, -0.15) is 0 Å². The number of aliphatic hydroxyl groups is 3. The number of esters is 1. The van der Waals surface area contributed by atoms with Crippen molar-refractivity contribution in [1.29, 1.82) is 0 Å². The number of unbranched alkanes of at least 4 members (excludes halogenated alkanes) is 6. The second-order valence-corrected chi connectivity index (χ2v) is 24.5. The van der Waals surface area contributed by atoms with Gasteiger partial charge in [-0.25, -0.2) is 0 Å². The van der Waals surface area contributed by atoms with Gasteiger partial charge in [-0.05, 0) is 140 Å². The molecule has 1 rings (SSSR count). The number of ether oxygens (including phenoxy) is 2. The number of aliphatic hydroxyl groups excluding tert-OH is 3. The Bertz CT molecular complexity index is 1560. The van der Waals surface area contributed by atoms with Gasteiger partial charge in [-0.1, -0.05) is 159 Å².